The summed E-state index contributed by atoms with van der Waals surface area (Å²) in [5, 5.41) is 56.4. The van der Waals surface area contributed by atoms with Crippen molar-refractivity contribution in [3.63, 3.8) is 0 Å². The summed E-state index contributed by atoms with van der Waals surface area (Å²) < 4.78 is 55.7. The zero-order chi connectivity index (χ0) is 37.6. The number of carbonyl (C=O) groups excluding carboxylic acids is 5. The third-order valence-corrected chi connectivity index (χ3v) is 9.58. The van der Waals surface area contributed by atoms with Gasteiger partial charge in [-0.3, -0.25) is 24.0 Å². The van der Waals surface area contributed by atoms with Crippen molar-refractivity contribution in [2.45, 2.75) is 81.6 Å². The van der Waals surface area contributed by atoms with E-state index in [9.17, 15) is 57.6 Å². The van der Waals surface area contributed by atoms with Crippen LogP contribution in [0.15, 0.2) is 18.2 Å². The quantitative estimate of drug-likeness (QED) is 0.130. The normalized spacial score (nSPS) is 25.7. The lowest BCUT2D eigenvalue weighted by molar-refractivity contribution is -0.177. The van der Waals surface area contributed by atoms with Crippen LogP contribution in [0.5, 0.6) is 17.2 Å². The van der Waals surface area contributed by atoms with Gasteiger partial charge in [0.25, 0.3) is 0 Å². The Balaban J connectivity index is 1.58. The molecular weight excluding hydrogens is 687 g/mol. The van der Waals surface area contributed by atoms with Crippen LogP contribution < -0.4 is 10.1 Å². The maximum absolute atomic E-state index is 13.9. The van der Waals surface area contributed by atoms with Gasteiger partial charge in [0.05, 0.1) is 48.2 Å². The number of aromatic hydroxyl groups is 2. The lowest BCUT2D eigenvalue weighted by atomic mass is 9.71. The molecule has 2 aromatic rings. The number of amides is 1. The highest BCUT2D eigenvalue weighted by atomic mass is 19.4. The molecule has 0 saturated heterocycles. The first-order chi connectivity index (χ1) is 23.9. The largest absolute Gasteiger partial charge is 0.507 e. The number of esters is 1. The molecule has 1 saturated carbocycles. The number of rotatable bonds is 10. The summed E-state index contributed by atoms with van der Waals surface area (Å²) in [7, 11) is 1.26. The molecule has 0 spiro atoms. The highest BCUT2D eigenvalue weighted by Crippen LogP contribution is 2.52. The van der Waals surface area contributed by atoms with Crippen molar-refractivity contribution in [2.75, 3.05) is 20.3 Å². The van der Waals surface area contributed by atoms with Crippen molar-refractivity contribution in [3.8, 4) is 17.2 Å². The van der Waals surface area contributed by atoms with E-state index in [0.29, 0.717) is 0 Å². The second-order valence-corrected chi connectivity index (χ2v) is 13.0. The number of aliphatic hydroxyl groups excluding tert-OH is 2. The summed E-state index contributed by atoms with van der Waals surface area (Å²) in [6, 6.07) is 2.69. The monoisotopic (exact) mass is 723 g/mol. The highest BCUT2D eigenvalue weighted by Gasteiger charge is 2.51. The Hall–Kier alpha value is -4.58. The van der Waals surface area contributed by atoms with Gasteiger partial charge in [-0.2, -0.15) is 13.2 Å². The number of carbonyl (C=O) groups is 5. The summed E-state index contributed by atoms with van der Waals surface area (Å²) in [4.78, 5) is 64.9. The van der Waals surface area contributed by atoms with E-state index < -0.39 is 120 Å². The van der Waals surface area contributed by atoms with Crippen LogP contribution in [-0.4, -0.2) is 105 Å². The number of fused-ring (bicyclic) bond motifs is 3. The number of Topliss-reactive ketones (excluding diaryl/α,β-unsaturated/α-hetero) is 1. The van der Waals surface area contributed by atoms with E-state index in [-0.39, 0.29) is 53.9 Å². The molecule has 0 bridgehead atoms. The number of phenolic OH excluding ortho intramolecular Hbond substituents is 2. The van der Waals surface area contributed by atoms with Crippen molar-refractivity contribution in [2.24, 2.45) is 5.92 Å². The zero-order valence-corrected chi connectivity index (χ0v) is 27.4. The summed E-state index contributed by atoms with van der Waals surface area (Å²) in [6.45, 7) is 0.205. The number of phenols is 2. The van der Waals surface area contributed by atoms with Crippen molar-refractivity contribution < 1.29 is 76.9 Å². The van der Waals surface area contributed by atoms with E-state index in [1.54, 1.807) is 5.32 Å². The van der Waals surface area contributed by atoms with Crippen LogP contribution in [0.4, 0.5) is 13.2 Å². The van der Waals surface area contributed by atoms with Gasteiger partial charge in [-0.1, -0.05) is 19.1 Å². The van der Waals surface area contributed by atoms with E-state index in [4.69, 9.17) is 19.3 Å². The van der Waals surface area contributed by atoms with Crippen LogP contribution in [0, 0.1) is 5.92 Å². The van der Waals surface area contributed by atoms with Gasteiger partial charge in [0, 0.05) is 42.6 Å². The third-order valence-electron chi connectivity index (χ3n) is 9.58. The highest BCUT2D eigenvalue weighted by molar-refractivity contribution is 6.31. The molecule has 0 heterocycles. The molecule has 0 aromatic heterocycles. The second-order valence-electron chi connectivity index (χ2n) is 13.0. The molecular formula is C34H36F3NO13. The average Bonchev–Trinajstić information content (AvgIpc) is 3.07. The zero-order valence-electron chi connectivity index (χ0n) is 27.4. The first kappa shape index (κ1) is 37.7. The van der Waals surface area contributed by atoms with Crippen molar-refractivity contribution in [1.82, 2.24) is 5.32 Å². The summed E-state index contributed by atoms with van der Waals surface area (Å²) in [5.41, 5.74) is -4.73. The number of hydrogen-bond acceptors (Lipinski definition) is 13. The van der Waals surface area contributed by atoms with Crippen molar-refractivity contribution in [1.29, 1.82) is 0 Å². The fraction of sp³-hybridized carbons (Fsp3) is 0.500. The smallest absolute Gasteiger partial charge is 0.471 e. The van der Waals surface area contributed by atoms with E-state index in [1.165, 1.54) is 32.2 Å². The minimum absolute atomic E-state index is 0.00360. The van der Waals surface area contributed by atoms with Crippen LogP contribution in [0.25, 0.3) is 0 Å². The molecule has 51 heavy (non-hydrogen) atoms. The fourth-order valence-corrected chi connectivity index (χ4v) is 7.03. The van der Waals surface area contributed by atoms with E-state index in [2.05, 4.69) is 0 Å². The maximum Gasteiger partial charge on any atom is 0.471 e. The molecule has 6 N–H and O–H groups in total. The Morgan fingerprint density at radius 2 is 1.73 bits per heavy atom. The van der Waals surface area contributed by atoms with Crippen LogP contribution in [-0.2, 0) is 30.3 Å². The van der Waals surface area contributed by atoms with Crippen LogP contribution >= 0.6 is 0 Å². The number of nitrogens with one attached hydrogen (secondary N) is 1. The third kappa shape index (κ3) is 7.02. The Bertz CT molecular complexity index is 1780. The molecule has 14 nitrogen and oxygen atoms in total. The Labute approximate surface area is 288 Å². The molecule has 17 heteroatoms. The van der Waals surface area contributed by atoms with Crippen LogP contribution in [0.2, 0.25) is 0 Å². The number of ketones is 3. The maximum atomic E-state index is 13.9. The predicted molar refractivity (Wildman–Crippen MR) is 165 cm³/mol. The van der Waals surface area contributed by atoms with E-state index in [0.717, 1.165) is 0 Å². The van der Waals surface area contributed by atoms with Gasteiger partial charge in [-0.05, 0) is 31.2 Å². The predicted octanol–water partition coefficient (Wildman–Crippen LogP) is 1.71. The number of aliphatic hydroxyl groups is 3. The molecule has 3 aliphatic carbocycles. The molecule has 0 radical (unpaired) electrons. The first-order valence-electron chi connectivity index (χ1n) is 16.0. The average molecular weight is 724 g/mol. The summed E-state index contributed by atoms with van der Waals surface area (Å²) >= 11 is 0. The van der Waals surface area contributed by atoms with Gasteiger partial charge in [0.15, 0.2) is 12.4 Å². The topological polar surface area (TPSA) is 226 Å². The minimum atomic E-state index is -5.26. The Morgan fingerprint density at radius 3 is 2.37 bits per heavy atom. The van der Waals surface area contributed by atoms with Gasteiger partial charge >= 0.3 is 18.1 Å². The molecule has 1 fully saturated rings. The van der Waals surface area contributed by atoms with E-state index >= 15 is 0 Å². The van der Waals surface area contributed by atoms with Gasteiger partial charge in [-0.25, -0.2) is 0 Å². The van der Waals surface area contributed by atoms with Gasteiger partial charge in [0.2, 0.25) is 11.6 Å². The standard InChI is InChI=1S/C34H36F3NO13/c1-14-9-15(10-18(27(14)42)38-32(47)34(35,36)37)51-20-12-33(48,21(40)13-50-22(41)7-4-8-39)11-17-24(20)31(46)26-25(29(17)44)28(43)16-5-3-6-19(49-2)23(16)30(26)45/h3,5-6,14-15,18,20,27,39,42,44,46,48H,4,7-13H2,1-2H3,(H,38,47)/t14-,15-,18+,20+,27-,33+/m1/s1. The second kappa shape index (κ2) is 14.2. The first-order valence-corrected chi connectivity index (χ1v) is 16.0. The lowest BCUT2D eigenvalue weighted by Crippen LogP contribution is -2.55. The Kier molecular flexibility index (Phi) is 10.5. The molecule has 0 aliphatic heterocycles. The number of halogens is 3. The number of alkyl halides is 3. The van der Waals surface area contributed by atoms with Crippen molar-refractivity contribution >= 4 is 29.2 Å². The molecule has 6 atom stereocenters. The van der Waals surface area contributed by atoms with Crippen LogP contribution in [0.1, 0.15) is 88.1 Å². The molecule has 0 unspecified atom stereocenters. The summed E-state index contributed by atoms with van der Waals surface area (Å²) in [5.74, 6) is -8.46. The molecule has 276 valence electrons. The SMILES string of the molecule is COc1cccc2c1C(=O)c1c(O)c3c(c(O)c1C2=O)C[C@@](O)(C(=O)COC(=O)CCCO)C[C@@H]3O[C@@H]1C[C@@H](C)[C@@H](O)[C@@H](NC(=O)C(F)(F)F)C1. The molecule has 5 rings (SSSR count). The van der Waals surface area contributed by atoms with Gasteiger partial charge < -0.3 is 45.1 Å². The molecule has 1 amide bonds. The number of benzene rings is 2. The van der Waals surface area contributed by atoms with Gasteiger partial charge in [0.1, 0.15) is 22.8 Å². The Morgan fingerprint density at radius 1 is 1.04 bits per heavy atom. The molecule has 3 aliphatic rings. The lowest BCUT2D eigenvalue weighted by Gasteiger charge is -2.43. The number of methoxy groups -OCH3 is 1. The minimum Gasteiger partial charge on any atom is -0.507 e. The number of hydrogen-bond donors (Lipinski definition) is 6. The fourth-order valence-electron chi connectivity index (χ4n) is 7.03. The van der Waals surface area contributed by atoms with Gasteiger partial charge in [-0.15, -0.1) is 0 Å². The van der Waals surface area contributed by atoms with Crippen molar-refractivity contribution in [3.05, 3.63) is 51.6 Å². The number of ether oxygens (including phenoxy) is 3. The summed E-state index contributed by atoms with van der Waals surface area (Å²) in [6.07, 6.45) is -11.4. The molecule has 2 aromatic carbocycles. The van der Waals surface area contributed by atoms with E-state index in [1.807, 2.05) is 0 Å². The van der Waals surface area contributed by atoms with Crippen LogP contribution in [0.3, 0.4) is 0 Å².